The highest BCUT2D eigenvalue weighted by Crippen LogP contribution is 2.08. The van der Waals surface area contributed by atoms with Crippen LogP contribution in [0.3, 0.4) is 0 Å². The molecule has 0 saturated heterocycles. The molecule has 0 atom stereocenters. The molecule has 0 unspecified atom stereocenters. The van der Waals surface area contributed by atoms with Gasteiger partial charge in [-0.3, -0.25) is 9.78 Å². The molecule has 0 fully saturated rings. The summed E-state index contributed by atoms with van der Waals surface area (Å²) in [5, 5.41) is 2.82. The number of ether oxygens (including phenoxy) is 1. The third-order valence-corrected chi connectivity index (χ3v) is 2.62. The van der Waals surface area contributed by atoms with Gasteiger partial charge in [0.1, 0.15) is 0 Å². The van der Waals surface area contributed by atoms with Gasteiger partial charge in [-0.25, -0.2) is 0 Å². The molecule has 0 bridgehead atoms. The van der Waals surface area contributed by atoms with Crippen LogP contribution in [0.4, 0.5) is 0 Å². The van der Waals surface area contributed by atoms with Crippen molar-refractivity contribution in [2.45, 2.75) is 19.4 Å². The lowest BCUT2D eigenvalue weighted by Gasteiger charge is -2.23. The maximum atomic E-state index is 12.1. The summed E-state index contributed by atoms with van der Waals surface area (Å²) in [5.74, 6) is 5.35. The van der Waals surface area contributed by atoms with Gasteiger partial charge in [0.2, 0.25) is 0 Å². The molecule has 5 nitrogen and oxygen atoms in total. The van der Waals surface area contributed by atoms with Crippen molar-refractivity contribution in [3.05, 3.63) is 29.6 Å². The molecule has 1 rings (SSSR count). The third-order valence-electron chi connectivity index (χ3n) is 2.62. The maximum Gasteiger partial charge on any atom is 0.252 e. The van der Waals surface area contributed by atoms with Crippen LogP contribution in [0.2, 0.25) is 0 Å². The van der Waals surface area contributed by atoms with Crippen molar-refractivity contribution in [3.63, 3.8) is 0 Å². The van der Waals surface area contributed by atoms with E-state index >= 15 is 0 Å². The van der Waals surface area contributed by atoms with Crippen molar-refractivity contribution in [2.24, 2.45) is 5.73 Å². The average Bonchev–Trinajstić information content (AvgIpc) is 2.43. The number of amides is 1. The molecule has 3 N–H and O–H groups in total. The largest absolute Gasteiger partial charge is 0.377 e. The topological polar surface area (TPSA) is 77.2 Å². The third kappa shape index (κ3) is 4.70. The van der Waals surface area contributed by atoms with E-state index in [2.05, 4.69) is 22.1 Å². The molecule has 0 aliphatic carbocycles. The Bertz CT molecular complexity index is 501. The molecule has 5 heteroatoms. The highest BCUT2D eigenvalue weighted by Gasteiger charge is 2.18. The van der Waals surface area contributed by atoms with Gasteiger partial charge in [0, 0.05) is 26.0 Å². The lowest BCUT2D eigenvalue weighted by atomic mass is 10.1. The van der Waals surface area contributed by atoms with Gasteiger partial charge < -0.3 is 15.8 Å². The van der Waals surface area contributed by atoms with Crippen LogP contribution in [0, 0.1) is 11.8 Å². The lowest BCUT2D eigenvalue weighted by Crippen LogP contribution is -2.39. The first kappa shape index (κ1) is 15.2. The van der Waals surface area contributed by atoms with Gasteiger partial charge in [-0.2, -0.15) is 0 Å². The molecule has 0 aromatic carbocycles. The predicted octanol–water partition coefficient (Wildman–Crippen LogP) is 0.547. The first-order valence-electron chi connectivity index (χ1n) is 5.96. The molecule has 1 amide bonds. The van der Waals surface area contributed by atoms with Gasteiger partial charge >= 0.3 is 0 Å². The highest BCUT2D eigenvalue weighted by atomic mass is 16.5. The summed E-state index contributed by atoms with van der Waals surface area (Å²) in [6.07, 6.45) is 3.11. The summed E-state index contributed by atoms with van der Waals surface area (Å²) in [7, 11) is 1.61. The zero-order chi connectivity index (χ0) is 14.3. The van der Waals surface area contributed by atoms with Crippen LogP contribution in [0.25, 0.3) is 0 Å². The Morgan fingerprint density at radius 1 is 1.58 bits per heavy atom. The normalized spacial score (nSPS) is 10.5. The fourth-order valence-electron chi connectivity index (χ4n) is 1.30. The predicted molar refractivity (Wildman–Crippen MR) is 73.6 cm³/mol. The monoisotopic (exact) mass is 261 g/mol. The molecule has 102 valence electrons. The summed E-state index contributed by atoms with van der Waals surface area (Å²) in [5.41, 5.74) is 5.97. The van der Waals surface area contributed by atoms with E-state index in [1.165, 1.54) is 0 Å². The van der Waals surface area contributed by atoms with E-state index in [0.29, 0.717) is 17.7 Å². The number of carbonyl (C=O) groups excluding carboxylic acids is 1. The minimum Gasteiger partial charge on any atom is -0.377 e. The summed E-state index contributed by atoms with van der Waals surface area (Å²) in [6.45, 7) is 4.45. The van der Waals surface area contributed by atoms with Gasteiger partial charge in [0.25, 0.3) is 5.91 Å². The zero-order valence-electron chi connectivity index (χ0n) is 11.5. The Hall–Kier alpha value is -1.90. The van der Waals surface area contributed by atoms with E-state index in [9.17, 15) is 4.79 Å². The van der Waals surface area contributed by atoms with Gasteiger partial charge in [0.05, 0.1) is 23.3 Å². The summed E-state index contributed by atoms with van der Waals surface area (Å²) in [4.78, 5) is 16.1. The summed E-state index contributed by atoms with van der Waals surface area (Å²) in [6, 6.07) is 1.63. The number of aromatic nitrogens is 1. The Kier molecular flexibility index (Phi) is 5.49. The second-order valence-corrected chi connectivity index (χ2v) is 4.57. The lowest BCUT2D eigenvalue weighted by molar-refractivity contribution is 0.0228. The van der Waals surface area contributed by atoms with Crippen molar-refractivity contribution < 1.29 is 9.53 Å². The maximum absolute atomic E-state index is 12.1. The van der Waals surface area contributed by atoms with Gasteiger partial charge in [0.15, 0.2) is 0 Å². The van der Waals surface area contributed by atoms with Crippen LogP contribution in [0.15, 0.2) is 18.5 Å². The van der Waals surface area contributed by atoms with Crippen LogP contribution < -0.4 is 11.1 Å². The fraction of sp³-hybridized carbons (Fsp3) is 0.429. The molecule has 0 saturated carbocycles. The quantitative estimate of drug-likeness (QED) is 0.776. The van der Waals surface area contributed by atoms with Gasteiger partial charge in [-0.05, 0) is 19.9 Å². The Morgan fingerprint density at radius 2 is 2.32 bits per heavy atom. The Morgan fingerprint density at radius 3 is 2.95 bits per heavy atom. The van der Waals surface area contributed by atoms with Crippen molar-refractivity contribution in [1.29, 1.82) is 0 Å². The van der Waals surface area contributed by atoms with Crippen LogP contribution in [0.5, 0.6) is 0 Å². The van der Waals surface area contributed by atoms with E-state index < -0.39 is 5.60 Å². The van der Waals surface area contributed by atoms with Crippen LogP contribution in [-0.2, 0) is 4.74 Å². The number of methoxy groups -OCH3 is 1. The van der Waals surface area contributed by atoms with Crippen LogP contribution in [-0.4, -0.2) is 36.7 Å². The van der Waals surface area contributed by atoms with Crippen molar-refractivity contribution in [2.75, 3.05) is 20.2 Å². The van der Waals surface area contributed by atoms with E-state index in [1.807, 2.05) is 13.8 Å². The number of hydrogen-bond donors (Lipinski definition) is 2. The smallest absolute Gasteiger partial charge is 0.252 e. The summed E-state index contributed by atoms with van der Waals surface area (Å²) < 4.78 is 5.25. The highest BCUT2D eigenvalue weighted by molar-refractivity contribution is 5.96. The van der Waals surface area contributed by atoms with Crippen LogP contribution in [0.1, 0.15) is 29.8 Å². The number of carbonyl (C=O) groups is 1. The number of hydrogen-bond acceptors (Lipinski definition) is 4. The first-order valence-corrected chi connectivity index (χ1v) is 5.96. The minimum absolute atomic E-state index is 0.200. The minimum atomic E-state index is -0.411. The Labute approximate surface area is 113 Å². The van der Waals surface area contributed by atoms with Crippen molar-refractivity contribution in [3.8, 4) is 11.8 Å². The molecule has 0 spiro atoms. The van der Waals surface area contributed by atoms with Crippen molar-refractivity contribution >= 4 is 5.91 Å². The van der Waals surface area contributed by atoms with E-state index in [1.54, 1.807) is 25.6 Å². The Balaban J connectivity index is 2.83. The van der Waals surface area contributed by atoms with Gasteiger partial charge in [-0.15, -0.1) is 0 Å². The molecule has 1 heterocycles. The molecule has 0 aliphatic heterocycles. The molecule has 0 aliphatic rings. The first-order chi connectivity index (χ1) is 9.00. The standard InChI is InChI=1S/C14H19N3O2/c1-14(2,19-3)10-17-13(18)12-6-8-16-9-11(12)5-4-7-15/h6,8-9H,7,10,15H2,1-3H3,(H,17,18). The van der Waals surface area contributed by atoms with Crippen molar-refractivity contribution in [1.82, 2.24) is 10.3 Å². The van der Waals surface area contributed by atoms with E-state index in [4.69, 9.17) is 10.5 Å². The van der Waals surface area contributed by atoms with Crippen LogP contribution >= 0.6 is 0 Å². The number of nitrogens with two attached hydrogens (primary N) is 1. The molecule has 1 aromatic heterocycles. The molecular weight excluding hydrogens is 242 g/mol. The SMILES string of the molecule is COC(C)(C)CNC(=O)c1ccncc1C#CCN. The van der Waals surface area contributed by atoms with E-state index in [0.717, 1.165) is 0 Å². The van der Waals surface area contributed by atoms with Gasteiger partial charge in [-0.1, -0.05) is 11.8 Å². The number of nitrogens with one attached hydrogen (secondary N) is 1. The van der Waals surface area contributed by atoms with E-state index in [-0.39, 0.29) is 12.5 Å². The second-order valence-electron chi connectivity index (χ2n) is 4.57. The number of rotatable bonds is 4. The molecule has 0 radical (unpaired) electrons. The zero-order valence-corrected chi connectivity index (χ0v) is 11.5. The summed E-state index contributed by atoms with van der Waals surface area (Å²) >= 11 is 0. The fourth-order valence-corrected chi connectivity index (χ4v) is 1.30. The number of pyridine rings is 1. The molecular formula is C14H19N3O2. The number of nitrogens with zero attached hydrogens (tertiary/aromatic N) is 1. The molecule has 19 heavy (non-hydrogen) atoms. The molecule has 1 aromatic rings. The average molecular weight is 261 g/mol. The second kappa shape index (κ2) is 6.88.